The summed E-state index contributed by atoms with van der Waals surface area (Å²) < 4.78 is 0. The quantitative estimate of drug-likeness (QED) is 0.826. The molecular formula is C19H29N3O2. The lowest BCUT2D eigenvalue weighted by Gasteiger charge is -2.32. The van der Waals surface area contributed by atoms with Crippen LogP contribution in [-0.2, 0) is 6.54 Å². The summed E-state index contributed by atoms with van der Waals surface area (Å²) in [4.78, 5) is 17.2. The van der Waals surface area contributed by atoms with Crippen LogP contribution in [0.4, 0.5) is 0 Å². The molecule has 24 heavy (non-hydrogen) atoms. The molecule has 2 aliphatic rings. The van der Waals surface area contributed by atoms with E-state index in [9.17, 15) is 9.90 Å². The fraction of sp³-hybridized carbons (Fsp3) is 0.632. The normalized spacial score (nSPS) is 22.1. The Morgan fingerprint density at radius 2 is 1.83 bits per heavy atom. The van der Waals surface area contributed by atoms with Crippen LogP contribution in [0.3, 0.4) is 0 Å². The second-order valence-electron chi connectivity index (χ2n) is 7.58. The molecule has 1 unspecified atom stereocenters. The first kappa shape index (κ1) is 17.4. The summed E-state index contributed by atoms with van der Waals surface area (Å²) in [7, 11) is 2.16. The third-order valence-corrected chi connectivity index (χ3v) is 5.42. The number of carbonyl (C=O) groups excluding carboxylic acids is 1. The Hall–Kier alpha value is -1.43. The molecule has 5 heteroatoms. The van der Waals surface area contributed by atoms with Gasteiger partial charge in [-0.2, -0.15) is 0 Å². The highest BCUT2D eigenvalue weighted by atomic mass is 16.3. The van der Waals surface area contributed by atoms with Gasteiger partial charge in [0.2, 0.25) is 0 Å². The van der Waals surface area contributed by atoms with Gasteiger partial charge in [0.05, 0.1) is 12.1 Å². The number of nitrogens with one attached hydrogen (secondary N) is 1. The van der Waals surface area contributed by atoms with Crippen molar-refractivity contribution in [1.82, 2.24) is 15.1 Å². The lowest BCUT2D eigenvalue weighted by Crippen LogP contribution is -2.50. The summed E-state index contributed by atoms with van der Waals surface area (Å²) in [5.74, 6) is 0.313. The van der Waals surface area contributed by atoms with Gasteiger partial charge >= 0.3 is 0 Å². The van der Waals surface area contributed by atoms with Gasteiger partial charge in [-0.3, -0.25) is 9.69 Å². The number of amides is 1. The molecule has 0 bridgehead atoms. The fourth-order valence-corrected chi connectivity index (χ4v) is 3.35. The summed E-state index contributed by atoms with van der Waals surface area (Å²) in [6.45, 7) is 7.27. The minimum absolute atomic E-state index is 0.00903. The summed E-state index contributed by atoms with van der Waals surface area (Å²) in [6, 6.07) is 7.87. The molecule has 1 atom stereocenters. The zero-order valence-corrected chi connectivity index (χ0v) is 14.8. The molecule has 1 amide bonds. The zero-order chi connectivity index (χ0) is 17.2. The van der Waals surface area contributed by atoms with Crippen molar-refractivity contribution in [3.63, 3.8) is 0 Å². The molecule has 2 fully saturated rings. The minimum Gasteiger partial charge on any atom is -0.394 e. The molecule has 0 radical (unpaired) electrons. The maximum absolute atomic E-state index is 12.5. The lowest BCUT2D eigenvalue weighted by molar-refractivity contribution is 0.0824. The van der Waals surface area contributed by atoms with E-state index in [4.69, 9.17) is 0 Å². The van der Waals surface area contributed by atoms with Gasteiger partial charge in [0.25, 0.3) is 5.91 Å². The Morgan fingerprint density at radius 1 is 1.21 bits per heavy atom. The Labute approximate surface area is 144 Å². The van der Waals surface area contributed by atoms with Crippen LogP contribution in [0.1, 0.15) is 35.7 Å². The Kier molecular flexibility index (Phi) is 5.23. The van der Waals surface area contributed by atoms with Gasteiger partial charge in [0, 0.05) is 38.3 Å². The largest absolute Gasteiger partial charge is 0.394 e. The van der Waals surface area contributed by atoms with Crippen LogP contribution in [0.5, 0.6) is 0 Å². The average Bonchev–Trinajstić information content (AvgIpc) is 3.43. The topological polar surface area (TPSA) is 55.8 Å². The summed E-state index contributed by atoms with van der Waals surface area (Å²) in [6.07, 6.45) is 2.17. The fourth-order valence-electron chi connectivity index (χ4n) is 3.35. The number of rotatable bonds is 6. The van der Waals surface area contributed by atoms with Crippen LogP contribution >= 0.6 is 0 Å². The van der Waals surface area contributed by atoms with Crippen LogP contribution in [0, 0.1) is 5.92 Å². The second kappa shape index (κ2) is 7.21. The van der Waals surface area contributed by atoms with Crippen molar-refractivity contribution in [2.75, 3.05) is 39.8 Å². The van der Waals surface area contributed by atoms with Crippen LogP contribution < -0.4 is 5.32 Å². The van der Waals surface area contributed by atoms with E-state index in [-0.39, 0.29) is 12.5 Å². The van der Waals surface area contributed by atoms with Crippen molar-refractivity contribution in [1.29, 1.82) is 0 Å². The first-order chi connectivity index (χ1) is 11.5. The Bertz CT molecular complexity index is 562. The molecule has 132 valence electrons. The maximum atomic E-state index is 12.5. The van der Waals surface area contributed by atoms with E-state index in [1.165, 1.54) is 5.56 Å². The molecule has 1 aromatic rings. The van der Waals surface area contributed by atoms with Crippen molar-refractivity contribution in [3.05, 3.63) is 35.4 Å². The standard InChI is InChI=1S/C19H29N3O2/c1-19(14-23,17-7-8-17)20-18(24)16-5-3-15(4-6-16)13-22-11-9-21(2)10-12-22/h3-6,17,23H,7-14H2,1-2H3,(H,20,24). The molecule has 5 nitrogen and oxygen atoms in total. The van der Waals surface area contributed by atoms with Crippen LogP contribution in [0.15, 0.2) is 24.3 Å². The molecule has 1 aliphatic carbocycles. The molecular weight excluding hydrogens is 302 g/mol. The number of likely N-dealkylation sites (N-methyl/N-ethyl adjacent to an activating group) is 1. The first-order valence-electron chi connectivity index (χ1n) is 8.93. The number of hydrogen-bond donors (Lipinski definition) is 2. The van der Waals surface area contributed by atoms with Gasteiger partial charge in [0.15, 0.2) is 0 Å². The molecule has 1 saturated carbocycles. The molecule has 0 spiro atoms. The van der Waals surface area contributed by atoms with Crippen LogP contribution in [0.2, 0.25) is 0 Å². The molecule has 1 aliphatic heterocycles. The molecule has 3 rings (SSSR count). The maximum Gasteiger partial charge on any atom is 0.251 e. The smallest absolute Gasteiger partial charge is 0.251 e. The van der Waals surface area contributed by atoms with Crippen molar-refractivity contribution in [3.8, 4) is 0 Å². The molecule has 1 heterocycles. The van der Waals surface area contributed by atoms with E-state index >= 15 is 0 Å². The molecule has 0 aromatic heterocycles. The predicted molar refractivity (Wildman–Crippen MR) is 94.9 cm³/mol. The van der Waals surface area contributed by atoms with Crippen LogP contribution in [0.25, 0.3) is 0 Å². The summed E-state index contributed by atoms with van der Waals surface area (Å²) in [5.41, 5.74) is 1.41. The number of aliphatic hydroxyl groups is 1. The summed E-state index contributed by atoms with van der Waals surface area (Å²) >= 11 is 0. The third kappa shape index (κ3) is 4.15. The van der Waals surface area contributed by atoms with Crippen LogP contribution in [-0.4, -0.2) is 66.2 Å². The van der Waals surface area contributed by atoms with Gasteiger partial charge in [-0.05, 0) is 50.4 Å². The van der Waals surface area contributed by atoms with Gasteiger partial charge in [-0.15, -0.1) is 0 Å². The number of carbonyl (C=O) groups is 1. The van der Waals surface area contributed by atoms with Crippen molar-refractivity contribution in [2.45, 2.75) is 31.8 Å². The Balaban J connectivity index is 1.56. The highest BCUT2D eigenvalue weighted by Crippen LogP contribution is 2.39. The highest BCUT2D eigenvalue weighted by Gasteiger charge is 2.42. The van der Waals surface area contributed by atoms with Gasteiger partial charge in [0.1, 0.15) is 0 Å². The number of piperazine rings is 1. The minimum atomic E-state index is -0.490. The monoisotopic (exact) mass is 331 g/mol. The number of aliphatic hydroxyl groups excluding tert-OH is 1. The SMILES string of the molecule is CN1CCN(Cc2ccc(C(=O)NC(C)(CO)C3CC3)cc2)CC1. The highest BCUT2D eigenvalue weighted by molar-refractivity contribution is 5.94. The number of hydrogen-bond acceptors (Lipinski definition) is 4. The van der Waals surface area contributed by atoms with E-state index < -0.39 is 5.54 Å². The predicted octanol–water partition coefficient (Wildman–Crippen LogP) is 1.32. The first-order valence-corrected chi connectivity index (χ1v) is 8.93. The number of nitrogens with zero attached hydrogens (tertiary/aromatic N) is 2. The van der Waals surface area contributed by atoms with Gasteiger partial charge in [-0.25, -0.2) is 0 Å². The average molecular weight is 331 g/mol. The van der Waals surface area contributed by atoms with E-state index in [2.05, 4.69) is 22.2 Å². The van der Waals surface area contributed by atoms with Crippen molar-refractivity contribution in [2.24, 2.45) is 5.92 Å². The third-order valence-electron chi connectivity index (χ3n) is 5.42. The van der Waals surface area contributed by atoms with E-state index in [1.807, 2.05) is 31.2 Å². The van der Waals surface area contributed by atoms with Crippen molar-refractivity contribution < 1.29 is 9.90 Å². The molecule has 1 aromatic carbocycles. The lowest BCUT2D eigenvalue weighted by atomic mass is 9.96. The van der Waals surface area contributed by atoms with Crippen molar-refractivity contribution >= 4 is 5.91 Å². The second-order valence-corrected chi connectivity index (χ2v) is 7.58. The zero-order valence-electron chi connectivity index (χ0n) is 14.8. The number of benzene rings is 1. The Morgan fingerprint density at radius 3 is 2.38 bits per heavy atom. The van der Waals surface area contributed by atoms with E-state index in [0.29, 0.717) is 11.5 Å². The van der Waals surface area contributed by atoms with E-state index in [1.54, 1.807) is 0 Å². The molecule has 1 saturated heterocycles. The molecule has 2 N–H and O–H groups in total. The summed E-state index contributed by atoms with van der Waals surface area (Å²) in [5, 5.41) is 12.6. The van der Waals surface area contributed by atoms with Gasteiger partial charge < -0.3 is 15.3 Å². The van der Waals surface area contributed by atoms with E-state index in [0.717, 1.165) is 45.6 Å². The van der Waals surface area contributed by atoms with Gasteiger partial charge in [-0.1, -0.05) is 12.1 Å².